The first-order valence-corrected chi connectivity index (χ1v) is 9.09. The summed E-state index contributed by atoms with van der Waals surface area (Å²) in [5.41, 5.74) is 3.85. The number of nitrogens with zero attached hydrogens (tertiary/aromatic N) is 3. The molecular formula is C18H23F3N4O2. The Labute approximate surface area is 155 Å². The van der Waals surface area contributed by atoms with Crippen LogP contribution in [0.2, 0.25) is 0 Å². The van der Waals surface area contributed by atoms with E-state index in [9.17, 15) is 22.8 Å². The van der Waals surface area contributed by atoms with Gasteiger partial charge in [0.25, 0.3) is 5.91 Å². The van der Waals surface area contributed by atoms with Gasteiger partial charge in [-0.15, -0.1) is 0 Å². The van der Waals surface area contributed by atoms with Crippen LogP contribution in [0.15, 0.2) is 18.3 Å². The number of amides is 2. The number of aromatic nitrogens is 1. The van der Waals surface area contributed by atoms with E-state index in [0.29, 0.717) is 25.1 Å². The zero-order chi connectivity index (χ0) is 19.8. The Morgan fingerprint density at radius 1 is 1.33 bits per heavy atom. The lowest BCUT2D eigenvalue weighted by Gasteiger charge is -2.48. The molecule has 1 aliphatic heterocycles. The fraction of sp³-hybridized carbons (Fsp3) is 0.611. The Bertz CT molecular complexity index is 734. The SMILES string of the molecule is CC[C@@H]1CN(C(=O)C2(C(F)(F)F)CCC2)CCN1c1cccnc1C(N)=O. The number of nitrogens with two attached hydrogens (primary N) is 1. The van der Waals surface area contributed by atoms with Crippen molar-refractivity contribution in [1.82, 2.24) is 9.88 Å². The highest BCUT2D eigenvalue weighted by Crippen LogP contribution is 2.54. The number of hydrogen-bond acceptors (Lipinski definition) is 4. The van der Waals surface area contributed by atoms with Crippen LogP contribution in [-0.4, -0.2) is 53.6 Å². The van der Waals surface area contributed by atoms with Crippen LogP contribution in [0.25, 0.3) is 0 Å². The predicted molar refractivity (Wildman–Crippen MR) is 93.1 cm³/mol. The van der Waals surface area contributed by atoms with Gasteiger partial charge in [0.2, 0.25) is 5.91 Å². The molecule has 1 aromatic heterocycles. The predicted octanol–water partition coefficient (Wildman–Crippen LogP) is 2.34. The lowest BCUT2D eigenvalue weighted by Crippen LogP contribution is -2.62. The Kier molecular flexibility index (Phi) is 5.05. The fourth-order valence-corrected chi connectivity index (χ4v) is 3.98. The number of rotatable bonds is 4. The summed E-state index contributed by atoms with van der Waals surface area (Å²) in [5, 5.41) is 0. The van der Waals surface area contributed by atoms with Gasteiger partial charge in [0.15, 0.2) is 5.69 Å². The molecule has 9 heteroatoms. The molecule has 2 fully saturated rings. The zero-order valence-electron chi connectivity index (χ0n) is 15.1. The number of pyridine rings is 1. The maximum Gasteiger partial charge on any atom is 0.403 e. The first-order chi connectivity index (χ1) is 12.7. The molecule has 1 aromatic rings. The summed E-state index contributed by atoms with van der Waals surface area (Å²) in [6, 6.07) is 3.19. The number of primary amides is 1. The van der Waals surface area contributed by atoms with Crippen molar-refractivity contribution in [2.75, 3.05) is 24.5 Å². The number of anilines is 1. The lowest BCUT2D eigenvalue weighted by atomic mass is 9.67. The number of carbonyl (C=O) groups is 2. The molecule has 27 heavy (non-hydrogen) atoms. The van der Waals surface area contributed by atoms with Crippen molar-refractivity contribution in [2.45, 2.75) is 44.8 Å². The van der Waals surface area contributed by atoms with Crippen molar-refractivity contribution in [2.24, 2.45) is 11.1 Å². The number of halogens is 3. The fourth-order valence-electron chi connectivity index (χ4n) is 3.98. The summed E-state index contributed by atoms with van der Waals surface area (Å²) in [6.07, 6.45) is -2.31. The monoisotopic (exact) mass is 384 g/mol. The second-order valence-electron chi connectivity index (χ2n) is 7.18. The van der Waals surface area contributed by atoms with Crippen molar-refractivity contribution in [3.63, 3.8) is 0 Å². The van der Waals surface area contributed by atoms with Gasteiger partial charge >= 0.3 is 6.18 Å². The van der Waals surface area contributed by atoms with E-state index < -0.39 is 23.4 Å². The van der Waals surface area contributed by atoms with E-state index >= 15 is 0 Å². The second kappa shape index (κ2) is 7.01. The van der Waals surface area contributed by atoms with Crippen LogP contribution < -0.4 is 10.6 Å². The van der Waals surface area contributed by atoms with Crippen molar-refractivity contribution in [3.05, 3.63) is 24.0 Å². The van der Waals surface area contributed by atoms with E-state index in [2.05, 4.69) is 4.98 Å². The molecule has 2 aliphatic rings. The molecule has 0 unspecified atom stereocenters. The molecule has 1 saturated carbocycles. The van der Waals surface area contributed by atoms with Crippen molar-refractivity contribution < 1.29 is 22.8 Å². The molecule has 2 N–H and O–H groups in total. The third-order valence-corrected chi connectivity index (χ3v) is 5.73. The van der Waals surface area contributed by atoms with Gasteiger partial charge in [-0.25, -0.2) is 4.98 Å². The highest BCUT2D eigenvalue weighted by atomic mass is 19.4. The molecule has 6 nitrogen and oxygen atoms in total. The molecule has 3 rings (SSSR count). The van der Waals surface area contributed by atoms with Gasteiger partial charge in [0.05, 0.1) is 5.69 Å². The van der Waals surface area contributed by atoms with Gasteiger partial charge in [-0.2, -0.15) is 13.2 Å². The molecule has 0 bridgehead atoms. The molecular weight excluding hydrogens is 361 g/mol. The lowest BCUT2D eigenvalue weighted by molar-refractivity contribution is -0.248. The smallest absolute Gasteiger partial charge is 0.364 e. The van der Waals surface area contributed by atoms with Gasteiger partial charge in [0.1, 0.15) is 5.41 Å². The van der Waals surface area contributed by atoms with Crippen LogP contribution in [0.4, 0.5) is 18.9 Å². The Balaban J connectivity index is 1.82. The van der Waals surface area contributed by atoms with Crippen LogP contribution in [0, 0.1) is 5.41 Å². The van der Waals surface area contributed by atoms with E-state index in [1.165, 1.54) is 11.1 Å². The van der Waals surface area contributed by atoms with Crippen molar-refractivity contribution in [1.29, 1.82) is 0 Å². The van der Waals surface area contributed by atoms with E-state index in [1.54, 1.807) is 12.1 Å². The summed E-state index contributed by atoms with van der Waals surface area (Å²) < 4.78 is 40.5. The van der Waals surface area contributed by atoms with Gasteiger partial charge < -0.3 is 15.5 Å². The molecule has 148 valence electrons. The average molecular weight is 384 g/mol. The summed E-state index contributed by atoms with van der Waals surface area (Å²) >= 11 is 0. The van der Waals surface area contributed by atoms with Gasteiger partial charge in [0, 0.05) is 31.9 Å². The minimum atomic E-state index is -4.52. The molecule has 2 amide bonds. The number of carbonyl (C=O) groups excluding carboxylic acids is 2. The molecule has 0 radical (unpaired) electrons. The maximum absolute atomic E-state index is 13.5. The van der Waals surface area contributed by atoms with Crippen LogP contribution in [0.3, 0.4) is 0 Å². The van der Waals surface area contributed by atoms with Crippen LogP contribution in [0.1, 0.15) is 43.1 Å². The van der Waals surface area contributed by atoms with Gasteiger partial charge in [-0.1, -0.05) is 13.3 Å². The average Bonchev–Trinajstić information content (AvgIpc) is 2.58. The standard InChI is InChI=1S/C18H23F3N4O2/c1-2-12-11-24(16(27)17(6-4-7-17)18(19,20)21)9-10-25(12)13-5-3-8-23-14(13)15(22)26/h3,5,8,12H,2,4,6-7,9-11H2,1H3,(H2,22,26)/t12-/m1/s1. The molecule has 0 aromatic carbocycles. The minimum Gasteiger partial charge on any atom is -0.364 e. The van der Waals surface area contributed by atoms with Crippen LogP contribution in [0.5, 0.6) is 0 Å². The third-order valence-electron chi connectivity index (χ3n) is 5.73. The van der Waals surface area contributed by atoms with Crippen LogP contribution >= 0.6 is 0 Å². The van der Waals surface area contributed by atoms with E-state index in [0.717, 1.165) is 0 Å². The third kappa shape index (κ3) is 3.23. The van der Waals surface area contributed by atoms with Crippen LogP contribution in [-0.2, 0) is 4.79 Å². The minimum absolute atomic E-state index is 0.126. The zero-order valence-corrected chi connectivity index (χ0v) is 15.1. The Morgan fingerprint density at radius 3 is 2.56 bits per heavy atom. The Hall–Kier alpha value is -2.32. The first-order valence-electron chi connectivity index (χ1n) is 9.09. The number of piperazine rings is 1. The highest BCUT2D eigenvalue weighted by molar-refractivity contribution is 5.96. The Morgan fingerprint density at radius 2 is 2.04 bits per heavy atom. The van der Waals surface area contributed by atoms with Crippen molar-refractivity contribution in [3.8, 4) is 0 Å². The largest absolute Gasteiger partial charge is 0.403 e. The maximum atomic E-state index is 13.5. The van der Waals surface area contributed by atoms with E-state index in [4.69, 9.17) is 5.73 Å². The quantitative estimate of drug-likeness (QED) is 0.864. The number of alkyl halides is 3. The van der Waals surface area contributed by atoms with E-state index in [-0.39, 0.29) is 37.7 Å². The van der Waals surface area contributed by atoms with Crippen molar-refractivity contribution >= 4 is 17.5 Å². The summed E-state index contributed by atoms with van der Waals surface area (Å²) in [6.45, 7) is 2.57. The number of hydrogen-bond donors (Lipinski definition) is 1. The molecule has 1 saturated heterocycles. The first kappa shape index (κ1) is 19.4. The van der Waals surface area contributed by atoms with E-state index in [1.807, 2.05) is 11.8 Å². The summed E-state index contributed by atoms with van der Waals surface area (Å²) in [5.74, 6) is -1.48. The molecule has 0 spiro atoms. The second-order valence-corrected chi connectivity index (χ2v) is 7.18. The van der Waals surface area contributed by atoms with Gasteiger partial charge in [-0.05, 0) is 31.4 Å². The molecule has 2 heterocycles. The molecule has 1 aliphatic carbocycles. The normalized spacial score (nSPS) is 22.3. The highest BCUT2D eigenvalue weighted by Gasteiger charge is 2.64. The topological polar surface area (TPSA) is 79.5 Å². The summed E-state index contributed by atoms with van der Waals surface area (Å²) in [7, 11) is 0. The molecule has 1 atom stereocenters. The summed E-state index contributed by atoms with van der Waals surface area (Å²) in [4.78, 5) is 31.7. The van der Waals surface area contributed by atoms with Gasteiger partial charge in [-0.3, -0.25) is 9.59 Å².